The van der Waals surface area contributed by atoms with Crippen LogP contribution in [0.4, 0.5) is 28.1 Å². The highest BCUT2D eigenvalue weighted by molar-refractivity contribution is 7.22. The summed E-state index contributed by atoms with van der Waals surface area (Å²) in [5, 5.41) is 18.8. The second kappa shape index (κ2) is 7.61. The van der Waals surface area contributed by atoms with Crippen molar-refractivity contribution in [2.24, 2.45) is 0 Å². The van der Waals surface area contributed by atoms with Gasteiger partial charge in [-0.15, -0.1) is 0 Å². The molecule has 2 aromatic heterocycles. The molecule has 0 saturated heterocycles. The van der Waals surface area contributed by atoms with Gasteiger partial charge in [0.1, 0.15) is 6.33 Å². The summed E-state index contributed by atoms with van der Waals surface area (Å²) >= 11 is 7.54. The molecule has 2 heterocycles. The zero-order chi connectivity index (χ0) is 20.5. The fourth-order valence-electron chi connectivity index (χ4n) is 2.79. The van der Waals surface area contributed by atoms with Gasteiger partial charge >= 0.3 is 5.69 Å². The molecule has 0 spiro atoms. The van der Waals surface area contributed by atoms with Crippen molar-refractivity contribution >= 4 is 61.3 Å². The summed E-state index contributed by atoms with van der Waals surface area (Å²) in [6, 6.07) is 11.2. The van der Waals surface area contributed by atoms with Crippen molar-refractivity contribution in [2.45, 2.75) is 13.8 Å². The number of aromatic nitrogens is 3. The van der Waals surface area contributed by atoms with Gasteiger partial charge in [0, 0.05) is 10.7 Å². The molecule has 0 unspecified atom stereocenters. The van der Waals surface area contributed by atoms with E-state index in [4.69, 9.17) is 11.6 Å². The average molecular weight is 427 g/mol. The van der Waals surface area contributed by atoms with E-state index in [1.54, 1.807) is 18.2 Å². The fraction of sp³-hybridized carbons (Fsp3) is 0.105. The third-order valence-corrected chi connectivity index (χ3v) is 5.64. The molecule has 2 N–H and O–H groups in total. The van der Waals surface area contributed by atoms with Gasteiger partial charge in [0.25, 0.3) is 0 Å². The zero-order valence-electron chi connectivity index (χ0n) is 15.4. The number of anilines is 4. The first kappa shape index (κ1) is 19.0. The van der Waals surface area contributed by atoms with Gasteiger partial charge in [-0.1, -0.05) is 35.1 Å². The average Bonchev–Trinajstić information content (AvgIpc) is 3.06. The van der Waals surface area contributed by atoms with Crippen molar-refractivity contribution in [1.29, 1.82) is 0 Å². The van der Waals surface area contributed by atoms with Crippen LogP contribution >= 0.6 is 22.9 Å². The summed E-state index contributed by atoms with van der Waals surface area (Å²) in [6.07, 6.45) is 1.26. The molecular formula is C19H15ClN6O2S. The molecule has 0 saturated carbocycles. The fourth-order valence-corrected chi connectivity index (χ4v) is 3.93. The van der Waals surface area contributed by atoms with Crippen molar-refractivity contribution in [3.05, 3.63) is 69.0 Å². The summed E-state index contributed by atoms with van der Waals surface area (Å²) in [7, 11) is 0. The van der Waals surface area contributed by atoms with Crippen molar-refractivity contribution in [3.8, 4) is 0 Å². The molecular weight excluding hydrogens is 412 g/mol. The minimum Gasteiger partial charge on any atom is -0.334 e. The van der Waals surface area contributed by atoms with Gasteiger partial charge in [-0.3, -0.25) is 10.1 Å². The summed E-state index contributed by atoms with van der Waals surface area (Å²) in [5.74, 6) is 0.123. The van der Waals surface area contributed by atoms with Gasteiger partial charge in [0.2, 0.25) is 11.6 Å². The van der Waals surface area contributed by atoms with Crippen LogP contribution in [-0.4, -0.2) is 19.9 Å². The molecule has 29 heavy (non-hydrogen) atoms. The SMILES string of the molecule is Cc1ccc2nc(Nc3ncnc(Nc4cccc(Cl)c4C)c3[N+](=O)[O-])sc2c1. The summed E-state index contributed by atoms with van der Waals surface area (Å²) in [5.41, 5.74) is 3.04. The predicted molar refractivity (Wildman–Crippen MR) is 116 cm³/mol. The van der Waals surface area contributed by atoms with E-state index in [1.165, 1.54) is 17.7 Å². The molecule has 8 nitrogen and oxygen atoms in total. The van der Waals surface area contributed by atoms with E-state index < -0.39 is 4.92 Å². The highest BCUT2D eigenvalue weighted by Gasteiger charge is 2.24. The highest BCUT2D eigenvalue weighted by Crippen LogP contribution is 2.36. The van der Waals surface area contributed by atoms with E-state index in [2.05, 4.69) is 25.6 Å². The van der Waals surface area contributed by atoms with E-state index >= 15 is 0 Å². The molecule has 0 amide bonds. The number of thiazole rings is 1. The van der Waals surface area contributed by atoms with Crippen LogP contribution in [0.5, 0.6) is 0 Å². The second-order valence-electron chi connectivity index (χ2n) is 6.33. The maximum Gasteiger partial charge on any atom is 0.353 e. The third-order valence-electron chi connectivity index (χ3n) is 4.29. The van der Waals surface area contributed by atoms with Crippen LogP contribution in [0.25, 0.3) is 10.2 Å². The van der Waals surface area contributed by atoms with Gasteiger partial charge in [-0.25, -0.2) is 15.0 Å². The van der Waals surface area contributed by atoms with Gasteiger partial charge in [0.05, 0.1) is 15.1 Å². The summed E-state index contributed by atoms with van der Waals surface area (Å²) < 4.78 is 0.983. The number of rotatable bonds is 5. The molecule has 0 bridgehead atoms. The normalized spacial score (nSPS) is 10.9. The van der Waals surface area contributed by atoms with Crippen LogP contribution in [-0.2, 0) is 0 Å². The summed E-state index contributed by atoms with van der Waals surface area (Å²) in [4.78, 5) is 23.9. The van der Waals surface area contributed by atoms with E-state index in [9.17, 15) is 10.1 Å². The quantitative estimate of drug-likeness (QED) is 0.309. The maximum absolute atomic E-state index is 11.8. The standard InChI is InChI=1S/C19H15ClN6O2S/c1-10-6-7-14-15(8-10)29-19(24-14)25-18-16(26(27)28)17(21-9-22-18)23-13-5-3-4-12(20)11(13)2/h3-9H,1-2H3,(H2,21,22,23,24,25). The third kappa shape index (κ3) is 3.82. The molecule has 0 atom stereocenters. The first-order valence-corrected chi connectivity index (χ1v) is 9.77. The predicted octanol–water partition coefficient (Wildman–Crippen LogP) is 5.75. The van der Waals surface area contributed by atoms with E-state index in [0.717, 1.165) is 21.3 Å². The number of benzene rings is 2. The first-order valence-electron chi connectivity index (χ1n) is 8.58. The molecule has 4 aromatic rings. The van der Waals surface area contributed by atoms with Gasteiger partial charge in [0.15, 0.2) is 5.13 Å². The monoisotopic (exact) mass is 426 g/mol. The minimum atomic E-state index is -0.526. The highest BCUT2D eigenvalue weighted by atomic mass is 35.5. The number of hydrogen-bond acceptors (Lipinski definition) is 8. The Balaban J connectivity index is 1.72. The molecule has 10 heteroatoms. The molecule has 0 aliphatic heterocycles. The lowest BCUT2D eigenvalue weighted by Crippen LogP contribution is -2.06. The van der Waals surface area contributed by atoms with Gasteiger partial charge in [-0.2, -0.15) is 0 Å². The molecule has 2 aromatic carbocycles. The Kier molecular flexibility index (Phi) is 4.99. The Morgan fingerprint density at radius 2 is 1.86 bits per heavy atom. The largest absolute Gasteiger partial charge is 0.353 e. The minimum absolute atomic E-state index is 0.0583. The second-order valence-corrected chi connectivity index (χ2v) is 7.77. The van der Waals surface area contributed by atoms with Crippen LogP contribution in [0.2, 0.25) is 5.02 Å². The van der Waals surface area contributed by atoms with E-state index in [-0.39, 0.29) is 17.3 Å². The molecule has 0 fully saturated rings. The lowest BCUT2D eigenvalue weighted by Gasteiger charge is -2.11. The van der Waals surface area contributed by atoms with E-state index in [0.29, 0.717) is 15.8 Å². The summed E-state index contributed by atoms with van der Waals surface area (Å²) in [6.45, 7) is 3.82. The lowest BCUT2D eigenvalue weighted by atomic mass is 10.2. The first-order chi connectivity index (χ1) is 13.9. The molecule has 4 rings (SSSR count). The number of halogens is 1. The number of nitrogens with one attached hydrogen (secondary N) is 2. The van der Waals surface area contributed by atoms with Gasteiger partial charge < -0.3 is 10.6 Å². The van der Waals surface area contributed by atoms with Crippen molar-refractivity contribution < 1.29 is 4.92 Å². The topological polar surface area (TPSA) is 106 Å². The van der Waals surface area contributed by atoms with Crippen LogP contribution < -0.4 is 10.6 Å². The maximum atomic E-state index is 11.8. The van der Waals surface area contributed by atoms with Crippen LogP contribution in [0, 0.1) is 24.0 Å². The van der Waals surface area contributed by atoms with Gasteiger partial charge in [-0.05, 0) is 49.2 Å². The number of nitro groups is 1. The van der Waals surface area contributed by atoms with Crippen LogP contribution in [0.3, 0.4) is 0 Å². The van der Waals surface area contributed by atoms with Crippen molar-refractivity contribution in [3.63, 3.8) is 0 Å². The number of hydrogen-bond donors (Lipinski definition) is 2. The van der Waals surface area contributed by atoms with Crippen LogP contribution in [0.1, 0.15) is 11.1 Å². The number of fused-ring (bicyclic) bond motifs is 1. The Hall–Kier alpha value is -3.30. The van der Waals surface area contributed by atoms with E-state index in [1.807, 2.05) is 32.0 Å². The van der Waals surface area contributed by atoms with Crippen LogP contribution in [0.15, 0.2) is 42.7 Å². The lowest BCUT2D eigenvalue weighted by molar-refractivity contribution is -0.383. The Labute approximate surface area is 174 Å². The molecule has 0 radical (unpaired) electrons. The smallest absolute Gasteiger partial charge is 0.334 e. The zero-order valence-corrected chi connectivity index (χ0v) is 17.0. The Morgan fingerprint density at radius 1 is 1.10 bits per heavy atom. The van der Waals surface area contributed by atoms with Crippen molar-refractivity contribution in [2.75, 3.05) is 10.6 Å². The number of aryl methyl sites for hydroxylation is 1. The van der Waals surface area contributed by atoms with Crippen molar-refractivity contribution in [1.82, 2.24) is 15.0 Å². The molecule has 0 aliphatic rings. The number of nitrogens with zero attached hydrogens (tertiary/aromatic N) is 4. The Bertz CT molecular complexity index is 1240. The molecule has 146 valence electrons. The molecule has 0 aliphatic carbocycles. The Morgan fingerprint density at radius 3 is 2.62 bits per heavy atom.